The van der Waals surface area contributed by atoms with Crippen LogP contribution in [-0.2, 0) is 13.5 Å². The molecule has 5 nitrogen and oxygen atoms in total. The molecule has 0 aliphatic carbocycles. The molecule has 0 radical (unpaired) electrons. The summed E-state index contributed by atoms with van der Waals surface area (Å²) in [5.41, 5.74) is 2.05. The van der Waals surface area contributed by atoms with Crippen molar-refractivity contribution in [1.82, 2.24) is 9.78 Å². The van der Waals surface area contributed by atoms with E-state index >= 15 is 0 Å². The Balaban J connectivity index is 1.97. The summed E-state index contributed by atoms with van der Waals surface area (Å²) in [4.78, 5) is 12.6. The van der Waals surface area contributed by atoms with Crippen molar-refractivity contribution in [3.05, 3.63) is 41.2 Å². The number of hydrogen-bond donors (Lipinski definition) is 0. The number of ether oxygens (including phenoxy) is 2. The third-order valence-corrected chi connectivity index (χ3v) is 3.29. The van der Waals surface area contributed by atoms with E-state index in [4.69, 9.17) is 9.47 Å². The van der Waals surface area contributed by atoms with Gasteiger partial charge in [-0.15, -0.1) is 0 Å². The summed E-state index contributed by atoms with van der Waals surface area (Å²) in [6.45, 7) is 3.05. The summed E-state index contributed by atoms with van der Waals surface area (Å²) < 4.78 is 12.6. The third kappa shape index (κ3) is 2.15. The molecule has 0 bridgehead atoms. The van der Waals surface area contributed by atoms with Gasteiger partial charge in [-0.25, -0.2) is 0 Å². The van der Waals surface area contributed by atoms with Crippen LogP contribution in [0.4, 0.5) is 0 Å². The van der Waals surface area contributed by atoms with Gasteiger partial charge in [0.1, 0.15) is 13.2 Å². The lowest BCUT2D eigenvalue weighted by atomic mass is 10.0. The van der Waals surface area contributed by atoms with E-state index in [0.717, 1.165) is 12.1 Å². The van der Waals surface area contributed by atoms with Crippen LogP contribution in [0.2, 0.25) is 0 Å². The number of fused-ring (bicyclic) bond motifs is 1. The number of benzene rings is 1. The number of hydrogen-bond acceptors (Lipinski definition) is 4. The minimum absolute atomic E-state index is 0.0353. The highest BCUT2D eigenvalue weighted by Crippen LogP contribution is 2.31. The maximum atomic E-state index is 12.6. The quantitative estimate of drug-likeness (QED) is 0.802. The van der Waals surface area contributed by atoms with Crippen LogP contribution in [-0.4, -0.2) is 28.8 Å². The number of carbonyl (C=O) groups is 1. The Labute approximate surface area is 117 Å². The SMILES string of the molecule is CCc1nn(C)cc1C(=O)c1ccc2c(c1)OCCO2. The van der Waals surface area contributed by atoms with Gasteiger partial charge >= 0.3 is 0 Å². The molecule has 0 saturated heterocycles. The lowest BCUT2D eigenvalue weighted by Crippen LogP contribution is -2.16. The summed E-state index contributed by atoms with van der Waals surface area (Å²) in [6.07, 6.45) is 2.49. The second kappa shape index (κ2) is 5.00. The van der Waals surface area contributed by atoms with Gasteiger partial charge in [-0.1, -0.05) is 6.92 Å². The summed E-state index contributed by atoms with van der Waals surface area (Å²) in [7, 11) is 1.82. The monoisotopic (exact) mass is 272 g/mol. The predicted octanol–water partition coefficient (Wildman–Crippen LogP) is 1.98. The normalized spacial score (nSPS) is 13.3. The van der Waals surface area contributed by atoms with Crippen LogP contribution < -0.4 is 9.47 Å². The fourth-order valence-electron chi connectivity index (χ4n) is 2.33. The molecule has 0 N–H and O–H groups in total. The lowest BCUT2D eigenvalue weighted by Gasteiger charge is -2.18. The first-order valence-electron chi connectivity index (χ1n) is 6.66. The molecule has 2 heterocycles. The van der Waals surface area contributed by atoms with Crippen LogP contribution in [0.5, 0.6) is 11.5 Å². The first-order valence-corrected chi connectivity index (χ1v) is 6.66. The van der Waals surface area contributed by atoms with E-state index in [2.05, 4.69) is 5.10 Å². The second-order valence-corrected chi connectivity index (χ2v) is 4.70. The number of nitrogens with zero attached hydrogens (tertiary/aromatic N) is 2. The zero-order chi connectivity index (χ0) is 14.1. The molecule has 0 fully saturated rings. The van der Waals surface area contributed by atoms with Crippen LogP contribution in [0.3, 0.4) is 0 Å². The van der Waals surface area contributed by atoms with E-state index in [1.807, 2.05) is 14.0 Å². The van der Waals surface area contributed by atoms with E-state index in [9.17, 15) is 4.79 Å². The molecule has 2 aromatic rings. The van der Waals surface area contributed by atoms with Crippen LogP contribution in [0, 0.1) is 0 Å². The Morgan fingerprint density at radius 2 is 2.05 bits per heavy atom. The smallest absolute Gasteiger partial charge is 0.196 e. The van der Waals surface area contributed by atoms with Crippen molar-refractivity contribution in [2.75, 3.05) is 13.2 Å². The fraction of sp³-hybridized carbons (Fsp3) is 0.333. The van der Waals surface area contributed by atoms with Crippen LogP contribution in [0.25, 0.3) is 0 Å². The summed E-state index contributed by atoms with van der Waals surface area (Å²) in [5.74, 6) is 1.28. The number of aryl methyl sites for hydroxylation is 2. The molecule has 0 amide bonds. The van der Waals surface area contributed by atoms with Gasteiger partial charge in [-0.2, -0.15) is 5.10 Å². The number of ketones is 1. The average molecular weight is 272 g/mol. The molecule has 0 atom stereocenters. The predicted molar refractivity (Wildman–Crippen MR) is 73.5 cm³/mol. The summed E-state index contributed by atoms with van der Waals surface area (Å²) in [6, 6.07) is 5.29. The van der Waals surface area contributed by atoms with Crippen molar-refractivity contribution in [3.63, 3.8) is 0 Å². The fourth-order valence-corrected chi connectivity index (χ4v) is 2.33. The van der Waals surface area contributed by atoms with E-state index in [1.54, 1.807) is 29.1 Å². The highest BCUT2D eigenvalue weighted by molar-refractivity contribution is 6.09. The molecule has 20 heavy (non-hydrogen) atoms. The highest BCUT2D eigenvalue weighted by atomic mass is 16.6. The Morgan fingerprint density at radius 1 is 1.30 bits per heavy atom. The molecular formula is C15H16N2O3. The molecule has 0 spiro atoms. The van der Waals surface area contributed by atoms with Gasteiger partial charge in [0.2, 0.25) is 0 Å². The van der Waals surface area contributed by atoms with E-state index < -0.39 is 0 Å². The van der Waals surface area contributed by atoms with E-state index in [0.29, 0.717) is 35.8 Å². The van der Waals surface area contributed by atoms with Crippen molar-refractivity contribution in [1.29, 1.82) is 0 Å². The molecule has 5 heteroatoms. The van der Waals surface area contributed by atoms with Crippen molar-refractivity contribution in [3.8, 4) is 11.5 Å². The first-order chi connectivity index (χ1) is 9.69. The largest absolute Gasteiger partial charge is 0.486 e. The van der Waals surface area contributed by atoms with Crippen molar-refractivity contribution < 1.29 is 14.3 Å². The van der Waals surface area contributed by atoms with E-state index in [-0.39, 0.29) is 5.78 Å². The Hall–Kier alpha value is -2.30. The summed E-state index contributed by atoms with van der Waals surface area (Å²) >= 11 is 0. The zero-order valence-corrected chi connectivity index (χ0v) is 11.5. The van der Waals surface area contributed by atoms with Gasteiger partial charge in [-0.05, 0) is 24.6 Å². The van der Waals surface area contributed by atoms with Crippen LogP contribution in [0.15, 0.2) is 24.4 Å². The summed E-state index contributed by atoms with van der Waals surface area (Å²) in [5, 5.41) is 4.30. The average Bonchev–Trinajstić information content (AvgIpc) is 2.87. The van der Waals surface area contributed by atoms with Crippen molar-refractivity contribution in [2.24, 2.45) is 7.05 Å². The standard InChI is InChI=1S/C15H16N2O3/c1-3-12-11(9-17(2)16-12)15(18)10-4-5-13-14(8-10)20-7-6-19-13/h4-5,8-9H,3,6-7H2,1-2H3. The molecule has 1 aliphatic rings. The molecule has 1 aliphatic heterocycles. The maximum Gasteiger partial charge on any atom is 0.196 e. The minimum Gasteiger partial charge on any atom is -0.486 e. The minimum atomic E-state index is -0.0353. The molecule has 1 aromatic heterocycles. The maximum absolute atomic E-state index is 12.6. The zero-order valence-electron chi connectivity index (χ0n) is 11.5. The second-order valence-electron chi connectivity index (χ2n) is 4.70. The van der Waals surface area contributed by atoms with Crippen molar-refractivity contribution in [2.45, 2.75) is 13.3 Å². The molecular weight excluding hydrogens is 256 g/mol. The number of aromatic nitrogens is 2. The molecule has 0 unspecified atom stereocenters. The van der Waals surface area contributed by atoms with Gasteiger partial charge in [0.05, 0.1) is 11.3 Å². The van der Waals surface area contributed by atoms with Crippen molar-refractivity contribution >= 4 is 5.78 Å². The Kier molecular flexibility index (Phi) is 3.18. The number of rotatable bonds is 3. The Morgan fingerprint density at radius 3 is 2.80 bits per heavy atom. The molecule has 104 valence electrons. The highest BCUT2D eigenvalue weighted by Gasteiger charge is 2.19. The molecule has 3 rings (SSSR count). The topological polar surface area (TPSA) is 53.4 Å². The van der Waals surface area contributed by atoms with Gasteiger partial charge in [-0.3, -0.25) is 9.48 Å². The van der Waals surface area contributed by atoms with Crippen LogP contribution >= 0.6 is 0 Å². The number of carbonyl (C=O) groups excluding carboxylic acids is 1. The molecule has 0 saturated carbocycles. The van der Waals surface area contributed by atoms with Gasteiger partial charge < -0.3 is 9.47 Å². The van der Waals surface area contributed by atoms with E-state index in [1.165, 1.54) is 0 Å². The third-order valence-electron chi connectivity index (χ3n) is 3.29. The van der Waals surface area contributed by atoms with Gasteiger partial charge in [0, 0.05) is 18.8 Å². The lowest BCUT2D eigenvalue weighted by molar-refractivity contribution is 0.103. The first kappa shape index (κ1) is 12.7. The van der Waals surface area contributed by atoms with Gasteiger partial charge in [0.15, 0.2) is 17.3 Å². The Bertz CT molecular complexity index is 661. The van der Waals surface area contributed by atoms with Crippen LogP contribution in [0.1, 0.15) is 28.5 Å². The van der Waals surface area contributed by atoms with Gasteiger partial charge in [0.25, 0.3) is 0 Å². The molecule has 1 aromatic carbocycles.